The molecule has 2 rings (SSSR count). The Bertz CT molecular complexity index is 481. The summed E-state index contributed by atoms with van der Waals surface area (Å²) in [5.41, 5.74) is 5.61. The normalized spacial score (nSPS) is 22.4. The Morgan fingerprint density at radius 2 is 1.90 bits per heavy atom. The molecule has 1 aliphatic carbocycles. The number of aryl methyl sites for hydroxylation is 3. The molecule has 2 heteroatoms. The van der Waals surface area contributed by atoms with Crippen molar-refractivity contribution < 1.29 is 9.53 Å². The quantitative estimate of drug-likeness (QED) is 0.748. The molecular formula is C18H26O2. The summed E-state index contributed by atoms with van der Waals surface area (Å²) >= 11 is 0. The summed E-state index contributed by atoms with van der Waals surface area (Å²) in [5.74, 6) is 1.21. The van der Waals surface area contributed by atoms with Crippen LogP contribution in [0, 0.1) is 32.6 Å². The van der Waals surface area contributed by atoms with Crippen LogP contribution in [0.2, 0.25) is 0 Å². The maximum atomic E-state index is 11.5. The molecule has 0 bridgehead atoms. The van der Waals surface area contributed by atoms with Crippen LogP contribution in [-0.4, -0.2) is 13.1 Å². The van der Waals surface area contributed by atoms with Crippen molar-refractivity contribution in [3.63, 3.8) is 0 Å². The van der Waals surface area contributed by atoms with Crippen LogP contribution in [0.5, 0.6) is 0 Å². The lowest BCUT2D eigenvalue weighted by Crippen LogP contribution is -2.08. The predicted molar refractivity (Wildman–Crippen MR) is 81.9 cm³/mol. The van der Waals surface area contributed by atoms with Crippen molar-refractivity contribution in [2.24, 2.45) is 11.8 Å². The number of methoxy groups -OCH3 is 1. The molecule has 1 aromatic rings. The van der Waals surface area contributed by atoms with Gasteiger partial charge in [0.2, 0.25) is 0 Å². The van der Waals surface area contributed by atoms with E-state index in [0.29, 0.717) is 11.8 Å². The van der Waals surface area contributed by atoms with Gasteiger partial charge < -0.3 is 4.74 Å². The maximum absolute atomic E-state index is 11.5. The number of hydrogen-bond acceptors (Lipinski definition) is 2. The average Bonchev–Trinajstić information content (AvgIpc) is 3.14. The van der Waals surface area contributed by atoms with Gasteiger partial charge in [0.1, 0.15) is 0 Å². The Balaban J connectivity index is 2.12. The lowest BCUT2D eigenvalue weighted by molar-refractivity contribution is -0.142. The molecule has 1 aliphatic rings. The first-order valence-electron chi connectivity index (χ1n) is 7.63. The van der Waals surface area contributed by atoms with Gasteiger partial charge in [-0.3, -0.25) is 4.79 Å². The first-order chi connectivity index (χ1) is 9.47. The van der Waals surface area contributed by atoms with Crippen LogP contribution in [0.3, 0.4) is 0 Å². The van der Waals surface area contributed by atoms with Crippen molar-refractivity contribution in [1.82, 2.24) is 0 Å². The van der Waals surface area contributed by atoms with Crippen molar-refractivity contribution >= 4 is 5.97 Å². The summed E-state index contributed by atoms with van der Waals surface area (Å²) in [6, 6.07) is 4.55. The molecule has 3 unspecified atom stereocenters. The van der Waals surface area contributed by atoms with Crippen molar-refractivity contribution in [1.29, 1.82) is 0 Å². The summed E-state index contributed by atoms with van der Waals surface area (Å²) in [4.78, 5) is 11.5. The van der Waals surface area contributed by atoms with Crippen molar-refractivity contribution in [2.75, 3.05) is 7.11 Å². The van der Waals surface area contributed by atoms with Crippen molar-refractivity contribution in [3.8, 4) is 0 Å². The fourth-order valence-electron chi connectivity index (χ4n) is 3.64. The lowest BCUT2D eigenvalue weighted by Gasteiger charge is -2.21. The van der Waals surface area contributed by atoms with E-state index in [0.717, 1.165) is 19.3 Å². The van der Waals surface area contributed by atoms with Crippen LogP contribution < -0.4 is 0 Å². The van der Waals surface area contributed by atoms with E-state index in [4.69, 9.17) is 4.74 Å². The molecule has 20 heavy (non-hydrogen) atoms. The van der Waals surface area contributed by atoms with Crippen LogP contribution >= 0.6 is 0 Å². The molecular weight excluding hydrogens is 248 g/mol. The lowest BCUT2D eigenvalue weighted by atomic mass is 9.84. The topological polar surface area (TPSA) is 26.3 Å². The van der Waals surface area contributed by atoms with Gasteiger partial charge in [-0.2, -0.15) is 0 Å². The van der Waals surface area contributed by atoms with Gasteiger partial charge >= 0.3 is 5.97 Å². The highest BCUT2D eigenvalue weighted by atomic mass is 16.5. The van der Waals surface area contributed by atoms with E-state index in [1.807, 2.05) is 0 Å². The minimum atomic E-state index is -0.0257. The van der Waals surface area contributed by atoms with Gasteiger partial charge in [-0.25, -0.2) is 0 Å². The molecule has 1 saturated carbocycles. The Labute approximate surface area is 122 Å². The maximum Gasteiger partial charge on any atom is 0.308 e. The van der Waals surface area contributed by atoms with Crippen LogP contribution in [0.4, 0.5) is 0 Å². The van der Waals surface area contributed by atoms with E-state index in [1.54, 1.807) is 0 Å². The molecule has 1 fully saturated rings. The monoisotopic (exact) mass is 274 g/mol. The minimum absolute atomic E-state index is 0.0257. The van der Waals surface area contributed by atoms with Crippen molar-refractivity contribution in [3.05, 3.63) is 34.4 Å². The van der Waals surface area contributed by atoms with Gasteiger partial charge in [0.25, 0.3) is 0 Å². The molecule has 1 aromatic carbocycles. The molecule has 0 heterocycles. The van der Waals surface area contributed by atoms with Gasteiger partial charge in [-0.15, -0.1) is 0 Å². The van der Waals surface area contributed by atoms with Gasteiger partial charge in [0.05, 0.1) is 13.0 Å². The van der Waals surface area contributed by atoms with Crippen LogP contribution in [0.15, 0.2) is 12.1 Å². The molecule has 2 nitrogen and oxygen atoms in total. The molecule has 0 spiro atoms. The van der Waals surface area contributed by atoms with Crippen molar-refractivity contribution in [2.45, 2.75) is 52.9 Å². The van der Waals surface area contributed by atoms with Gasteiger partial charge in [-0.1, -0.05) is 24.6 Å². The zero-order chi connectivity index (χ0) is 14.9. The average molecular weight is 274 g/mol. The third-order valence-electron chi connectivity index (χ3n) is 4.65. The third-order valence-corrected chi connectivity index (χ3v) is 4.65. The van der Waals surface area contributed by atoms with E-state index in [-0.39, 0.29) is 11.9 Å². The number of benzene rings is 1. The van der Waals surface area contributed by atoms with E-state index in [2.05, 4.69) is 39.8 Å². The number of rotatable bonds is 5. The van der Waals surface area contributed by atoms with Crippen LogP contribution in [0.1, 0.15) is 54.4 Å². The van der Waals surface area contributed by atoms with E-state index < -0.39 is 0 Å². The summed E-state index contributed by atoms with van der Waals surface area (Å²) in [6.07, 6.45) is 3.25. The number of carbonyl (C=O) groups excluding carboxylic acids is 1. The Morgan fingerprint density at radius 3 is 2.40 bits per heavy atom. The Hall–Kier alpha value is -1.31. The highest BCUT2D eigenvalue weighted by molar-refractivity contribution is 5.75. The SMILES string of the molecule is CCC(CC1CC1C(=O)OC)c1c(C)cc(C)cc1C. The Kier molecular flexibility index (Phi) is 4.52. The van der Waals surface area contributed by atoms with Crippen LogP contribution in [-0.2, 0) is 9.53 Å². The van der Waals surface area contributed by atoms with E-state index >= 15 is 0 Å². The number of carbonyl (C=O) groups is 1. The van der Waals surface area contributed by atoms with Gasteiger partial charge in [-0.05, 0) is 68.6 Å². The number of hydrogen-bond donors (Lipinski definition) is 0. The predicted octanol–water partition coefficient (Wildman–Crippen LogP) is 4.30. The fraction of sp³-hybridized carbons (Fsp3) is 0.611. The molecule has 0 N–H and O–H groups in total. The smallest absolute Gasteiger partial charge is 0.308 e. The molecule has 110 valence electrons. The minimum Gasteiger partial charge on any atom is -0.469 e. The zero-order valence-corrected chi connectivity index (χ0v) is 13.3. The molecule has 0 aromatic heterocycles. The highest BCUT2D eigenvalue weighted by Crippen LogP contribution is 2.47. The highest BCUT2D eigenvalue weighted by Gasteiger charge is 2.44. The third kappa shape index (κ3) is 3.05. The molecule has 0 aliphatic heterocycles. The van der Waals surface area contributed by atoms with E-state index in [1.165, 1.54) is 29.4 Å². The van der Waals surface area contributed by atoms with Crippen LogP contribution in [0.25, 0.3) is 0 Å². The summed E-state index contributed by atoms with van der Waals surface area (Å²) in [6.45, 7) is 8.82. The Morgan fingerprint density at radius 1 is 1.30 bits per heavy atom. The second-order valence-electron chi connectivity index (χ2n) is 6.28. The zero-order valence-electron chi connectivity index (χ0n) is 13.3. The first-order valence-corrected chi connectivity index (χ1v) is 7.63. The number of esters is 1. The molecule has 3 atom stereocenters. The second-order valence-corrected chi connectivity index (χ2v) is 6.28. The second kappa shape index (κ2) is 5.99. The largest absolute Gasteiger partial charge is 0.469 e. The van der Waals surface area contributed by atoms with Gasteiger partial charge in [0.15, 0.2) is 0 Å². The standard InChI is InChI=1S/C18H26O2/c1-6-14(9-15-10-16(15)18(19)20-5)17-12(3)7-11(2)8-13(17)4/h7-8,14-16H,6,9-10H2,1-5H3. The molecule has 0 radical (unpaired) electrons. The van der Waals surface area contributed by atoms with Gasteiger partial charge in [0, 0.05) is 0 Å². The summed E-state index contributed by atoms with van der Waals surface area (Å²) in [5, 5.41) is 0. The summed E-state index contributed by atoms with van der Waals surface area (Å²) in [7, 11) is 1.49. The molecule has 0 saturated heterocycles. The van der Waals surface area contributed by atoms with E-state index in [9.17, 15) is 4.79 Å². The number of ether oxygens (including phenoxy) is 1. The summed E-state index contributed by atoms with van der Waals surface area (Å²) < 4.78 is 4.85. The first kappa shape index (κ1) is 15.1. The molecule has 0 amide bonds. The fourth-order valence-corrected chi connectivity index (χ4v) is 3.64.